The highest BCUT2D eigenvalue weighted by Gasteiger charge is 2.32. The summed E-state index contributed by atoms with van der Waals surface area (Å²) in [4.78, 5) is 26.7. The summed E-state index contributed by atoms with van der Waals surface area (Å²) in [6, 6.07) is 21.0. The van der Waals surface area contributed by atoms with Crippen LogP contribution in [0, 0.1) is 5.92 Å². The van der Waals surface area contributed by atoms with Gasteiger partial charge in [-0.2, -0.15) is 0 Å². The molecule has 2 heterocycles. The number of rotatable bonds is 7. The number of fused-ring (bicyclic) bond motifs is 1. The van der Waals surface area contributed by atoms with E-state index in [9.17, 15) is 14.7 Å². The van der Waals surface area contributed by atoms with Gasteiger partial charge in [0.2, 0.25) is 5.91 Å². The van der Waals surface area contributed by atoms with Crippen molar-refractivity contribution in [2.75, 3.05) is 4.90 Å². The maximum absolute atomic E-state index is 13.4. The Morgan fingerprint density at radius 2 is 1.86 bits per heavy atom. The molecule has 1 unspecified atom stereocenters. The molecule has 0 saturated carbocycles. The Hall–Kier alpha value is -4.33. The minimum absolute atomic E-state index is 0.0501. The first-order valence-corrected chi connectivity index (χ1v) is 11.6. The van der Waals surface area contributed by atoms with Crippen LogP contribution in [-0.4, -0.2) is 37.6 Å². The van der Waals surface area contributed by atoms with Gasteiger partial charge in [-0.05, 0) is 57.7 Å². The zero-order valence-corrected chi connectivity index (χ0v) is 19.3. The molecule has 8 nitrogen and oxygen atoms in total. The van der Waals surface area contributed by atoms with Gasteiger partial charge in [-0.1, -0.05) is 67.9 Å². The zero-order chi connectivity index (χ0) is 24.4. The van der Waals surface area contributed by atoms with Gasteiger partial charge < -0.3 is 10.0 Å². The number of hydrogen-bond acceptors (Lipinski definition) is 5. The maximum Gasteiger partial charge on any atom is 0.335 e. The molecule has 0 bridgehead atoms. The highest BCUT2D eigenvalue weighted by molar-refractivity contribution is 6.00. The Morgan fingerprint density at radius 3 is 2.54 bits per heavy atom. The SMILES string of the molecule is CCCC1Cc2ccc(C(=O)O)cc2N(Cc2ccc(-c3ccccc3-c3nnn[nH]3)cc2)C1=O. The van der Waals surface area contributed by atoms with Gasteiger partial charge in [-0.25, -0.2) is 9.89 Å². The number of aromatic carboxylic acids is 1. The van der Waals surface area contributed by atoms with Crippen molar-refractivity contribution >= 4 is 17.6 Å². The Kier molecular flexibility index (Phi) is 6.10. The minimum Gasteiger partial charge on any atom is -0.478 e. The van der Waals surface area contributed by atoms with Crippen molar-refractivity contribution in [2.45, 2.75) is 32.7 Å². The molecular weight excluding hydrogens is 442 g/mol. The van der Waals surface area contributed by atoms with E-state index >= 15 is 0 Å². The monoisotopic (exact) mass is 467 g/mol. The van der Waals surface area contributed by atoms with Gasteiger partial charge in [-0.15, -0.1) is 5.10 Å². The normalized spacial score (nSPS) is 15.2. The Morgan fingerprint density at radius 1 is 1.09 bits per heavy atom. The molecule has 5 rings (SSSR count). The third kappa shape index (κ3) is 4.42. The molecule has 1 aliphatic rings. The van der Waals surface area contributed by atoms with Gasteiger partial charge in [0, 0.05) is 17.2 Å². The average Bonchev–Trinajstić information content (AvgIpc) is 3.42. The molecule has 0 fully saturated rings. The largest absolute Gasteiger partial charge is 0.478 e. The van der Waals surface area contributed by atoms with E-state index < -0.39 is 5.97 Å². The number of aromatic nitrogens is 4. The van der Waals surface area contributed by atoms with Crippen molar-refractivity contribution in [2.24, 2.45) is 5.92 Å². The predicted octanol–water partition coefficient (Wildman–Crippen LogP) is 4.74. The fourth-order valence-corrected chi connectivity index (χ4v) is 4.74. The topological polar surface area (TPSA) is 112 Å². The van der Waals surface area contributed by atoms with Crippen LogP contribution in [-0.2, 0) is 17.8 Å². The van der Waals surface area contributed by atoms with Gasteiger partial charge in [0.15, 0.2) is 5.82 Å². The van der Waals surface area contributed by atoms with Crippen LogP contribution in [0.2, 0.25) is 0 Å². The van der Waals surface area contributed by atoms with Gasteiger partial charge in [0.1, 0.15) is 0 Å². The lowest BCUT2D eigenvalue weighted by Crippen LogP contribution is -2.41. The van der Waals surface area contributed by atoms with E-state index in [4.69, 9.17) is 0 Å². The number of aromatic amines is 1. The Labute approximate surface area is 202 Å². The summed E-state index contributed by atoms with van der Waals surface area (Å²) in [5.41, 5.74) is 5.74. The van der Waals surface area contributed by atoms with E-state index in [-0.39, 0.29) is 17.4 Å². The Balaban J connectivity index is 1.46. The number of hydrogen-bond donors (Lipinski definition) is 2. The third-order valence-electron chi connectivity index (χ3n) is 6.47. The van der Waals surface area contributed by atoms with Gasteiger partial charge in [-0.3, -0.25) is 4.79 Å². The van der Waals surface area contributed by atoms with Gasteiger partial charge in [0.25, 0.3) is 0 Å². The molecule has 4 aromatic rings. The van der Waals surface area contributed by atoms with E-state index in [1.54, 1.807) is 17.0 Å². The summed E-state index contributed by atoms with van der Waals surface area (Å²) in [5.74, 6) is -0.448. The van der Waals surface area contributed by atoms with Crippen LogP contribution >= 0.6 is 0 Å². The first-order chi connectivity index (χ1) is 17.0. The van der Waals surface area contributed by atoms with E-state index in [1.165, 1.54) is 0 Å². The number of anilines is 1. The standard InChI is InChI=1S/C27H25N5O3/c1-2-5-20-14-19-12-13-21(27(34)35)15-24(19)32(26(20)33)16-17-8-10-18(11-9-17)22-6-3-4-7-23(22)25-28-30-31-29-25/h3-4,6-13,15,20H,2,5,14,16H2,1H3,(H,34,35)(H,28,29,30,31). The van der Waals surface area contributed by atoms with Crippen molar-refractivity contribution in [1.82, 2.24) is 20.6 Å². The summed E-state index contributed by atoms with van der Waals surface area (Å²) in [6.45, 7) is 2.45. The van der Waals surface area contributed by atoms with Crippen LogP contribution in [0.5, 0.6) is 0 Å². The van der Waals surface area contributed by atoms with Crippen molar-refractivity contribution in [3.8, 4) is 22.5 Å². The number of tetrazole rings is 1. The maximum atomic E-state index is 13.4. The van der Waals surface area contributed by atoms with Gasteiger partial charge in [0.05, 0.1) is 12.1 Å². The van der Waals surface area contributed by atoms with Crippen LogP contribution in [0.15, 0.2) is 66.7 Å². The molecule has 3 aromatic carbocycles. The summed E-state index contributed by atoms with van der Waals surface area (Å²) in [6.07, 6.45) is 2.37. The number of carboxylic acid groups (broad SMARTS) is 1. The van der Waals surface area contributed by atoms with E-state index in [1.807, 2.05) is 54.6 Å². The van der Waals surface area contributed by atoms with Crippen LogP contribution < -0.4 is 4.90 Å². The number of nitrogens with one attached hydrogen (secondary N) is 1. The van der Waals surface area contributed by atoms with Crippen molar-refractivity contribution in [3.63, 3.8) is 0 Å². The molecular formula is C27H25N5O3. The zero-order valence-electron chi connectivity index (χ0n) is 19.3. The predicted molar refractivity (Wildman–Crippen MR) is 132 cm³/mol. The first kappa shape index (κ1) is 22.5. The number of amides is 1. The molecule has 176 valence electrons. The van der Waals surface area contributed by atoms with E-state index in [2.05, 4.69) is 27.5 Å². The summed E-state index contributed by atoms with van der Waals surface area (Å²) >= 11 is 0. The fourth-order valence-electron chi connectivity index (χ4n) is 4.74. The second kappa shape index (κ2) is 9.50. The second-order valence-electron chi connectivity index (χ2n) is 8.76. The van der Waals surface area contributed by atoms with Crippen LogP contribution in [0.4, 0.5) is 5.69 Å². The molecule has 2 N–H and O–H groups in total. The number of benzene rings is 3. The van der Waals surface area contributed by atoms with Crippen molar-refractivity contribution < 1.29 is 14.7 Å². The summed E-state index contributed by atoms with van der Waals surface area (Å²) in [5, 5.41) is 23.7. The molecule has 1 atom stereocenters. The number of carboxylic acids is 1. The van der Waals surface area contributed by atoms with E-state index in [0.29, 0.717) is 24.5 Å². The van der Waals surface area contributed by atoms with Crippen molar-refractivity contribution in [1.29, 1.82) is 0 Å². The summed E-state index contributed by atoms with van der Waals surface area (Å²) in [7, 11) is 0. The highest BCUT2D eigenvalue weighted by atomic mass is 16.4. The van der Waals surface area contributed by atoms with Crippen molar-refractivity contribution in [3.05, 3.63) is 83.4 Å². The average molecular weight is 468 g/mol. The molecule has 0 aliphatic carbocycles. The number of carbonyl (C=O) groups is 2. The smallest absolute Gasteiger partial charge is 0.335 e. The molecule has 0 radical (unpaired) electrons. The number of H-pyrrole nitrogens is 1. The van der Waals surface area contributed by atoms with Crippen LogP contribution in [0.25, 0.3) is 22.5 Å². The quantitative estimate of drug-likeness (QED) is 0.406. The minimum atomic E-state index is -0.999. The third-order valence-corrected chi connectivity index (χ3v) is 6.47. The van der Waals surface area contributed by atoms with Crippen LogP contribution in [0.3, 0.4) is 0 Å². The molecule has 8 heteroatoms. The molecule has 1 amide bonds. The summed E-state index contributed by atoms with van der Waals surface area (Å²) < 4.78 is 0. The van der Waals surface area contributed by atoms with E-state index in [0.717, 1.165) is 40.7 Å². The molecule has 1 aliphatic heterocycles. The molecule has 0 spiro atoms. The molecule has 1 aromatic heterocycles. The highest BCUT2D eigenvalue weighted by Crippen LogP contribution is 2.35. The number of carbonyl (C=O) groups excluding carboxylic acids is 1. The molecule has 35 heavy (non-hydrogen) atoms. The first-order valence-electron chi connectivity index (χ1n) is 11.6. The molecule has 0 saturated heterocycles. The fraction of sp³-hybridized carbons (Fsp3) is 0.222. The second-order valence-corrected chi connectivity index (χ2v) is 8.76. The Bertz CT molecular complexity index is 1370. The number of nitrogens with zero attached hydrogens (tertiary/aromatic N) is 4. The van der Waals surface area contributed by atoms with Crippen LogP contribution in [0.1, 0.15) is 41.3 Å². The van der Waals surface area contributed by atoms with Gasteiger partial charge >= 0.3 is 5.97 Å². The lowest BCUT2D eigenvalue weighted by Gasteiger charge is -2.34. The lowest BCUT2D eigenvalue weighted by molar-refractivity contribution is -0.123. The lowest BCUT2D eigenvalue weighted by atomic mass is 9.87.